The summed E-state index contributed by atoms with van der Waals surface area (Å²) >= 11 is 0. The Labute approximate surface area is 182 Å². The Morgan fingerprint density at radius 2 is 1.26 bits per heavy atom. The number of aliphatic hydroxyl groups excluding tert-OH is 1. The third-order valence-electron chi connectivity index (χ3n) is 6.03. The zero-order valence-corrected chi connectivity index (χ0v) is 17.6. The summed E-state index contributed by atoms with van der Waals surface area (Å²) in [5, 5.41) is 10.8. The monoisotopic (exact) mass is 414 g/mol. The van der Waals surface area contributed by atoms with Crippen molar-refractivity contribution in [2.45, 2.75) is 25.1 Å². The Morgan fingerprint density at radius 3 is 1.77 bits per heavy atom. The number of imide groups is 1. The van der Waals surface area contributed by atoms with Crippen LogP contribution < -0.4 is 0 Å². The fourth-order valence-corrected chi connectivity index (χ4v) is 4.32. The first kappa shape index (κ1) is 20.8. The van der Waals surface area contributed by atoms with Crippen LogP contribution in [0, 0.1) is 5.92 Å². The highest BCUT2D eigenvalue weighted by molar-refractivity contribution is 5.98. The molecule has 1 N–H and O–H groups in total. The van der Waals surface area contributed by atoms with Crippen molar-refractivity contribution in [1.29, 1.82) is 0 Å². The lowest BCUT2D eigenvalue weighted by atomic mass is 9.91. The van der Waals surface area contributed by atoms with E-state index in [0.29, 0.717) is 5.56 Å². The van der Waals surface area contributed by atoms with Crippen molar-refractivity contribution >= 4 is 11.9 Å². The maximum Gasteiger partial charge on any atom is 0.327 e. The number of hydrogen-bond acceptors (Lipinski definition) is 3. The van der Waals surface area contributed by atoms with Crippen molar-refractivity contribution in [3.63, 3.8) is 0 Å². The summed E-state index contributed by atoms with van der Waals surface area (Å²) in [5.41, 5.74) is 2.49. The number of aliphatic hydroxyl groups is 1. The van der Waals surface area contributed by atoms with Crippen LogP contribution in [0.25, 0.3) is 0 Å². The van der Waals surface area contributed by atoms with Crippen molar-refractivity contribution in [2.75, 3.05) is 7.05 Å². The number of nitrogens with zero attached hydrogens (tertiary/aromatic N) is 2. The van der Waals surface area contributed by atoms with Gasteiger partial charge in [-0.15, -0.1) is 0 Å². The number of amides is 3. The van der Waals surface area contributed by atoms with Gasteiger partial charge in [-0.1, -0.05) is 97.9 Å². The van der Waals surface area contributed by atoms with Crippen LogP contribution in [-0.4, -0.2) is 33.9 Å². The summed E-state index contributed by atoms with van der Waals surface area (Å²) in [7, 11) is 1.72. The number of rotatable bonds is 5. The maximum absolute atomic E-state index is 13.6. The van der Waals surface area contributed by atoms with Crippen LogP contribution >= 0.6 is 0 Å². The summed E-state index contributed by atoms with van der Waals surface area (Å²) in [6.45, 7) is 1.67. The zero-order chi connectivity index (χ0) is 22.0. The normalized spacial score (nSPS) is 20.5. The van der Waals surface area contributed by atoms with Gasteiger partial charge in [0.25, 0.3) is 0 Å². The minimum atomic E-state index is -1.00. The van der Waals surface area contributed by atoms with E-state index in [1.807, 2.05) is 78.9 Å². The van der Waals surface area contributed by atoms with Crippen molar-refractivity contribution in [2.24, 2.45) is 5.92 Å². The molecule has 1 aliphatic rings. The van der Waals surface area contributed by atoms with Crippen LogP contribution in [0.2, 0.25) is 0 Å². The molecule has 0 saturated carbocycles. The van der Waals surface area contributed by atoms with Crippen molar-refractivity contribution in [3.8, 4) is 0 Å². The van der Waals surface area contributed by atoms with Gasteiger partial charge in [-0.3, -0.25) is 9.69 Å². The molecule has 3 aromatic carbocycles. The van der Waals surface area contributed by atoms with Crippen LogP contribution in [0.5, 0.6) is 0 Å². The lowest BCUT2D eigenvalue weighted by Gasteiger charge is -2.29. The van der Waals surface area contributed by atoms with Gasteiger partial charge >= 0.3 is 6.03 Å². The van der Waals surface area contributed by atoms with Gasteiger partial charge in [0.1, 0.15) is 0 Å². The number of benzene rings is 3. The molecule has 5 nitrogen and oxygen atoms in total. The van der Waals surface area contributed by atoms with E-state index < -0.39 is 18.1 Å². The molecule has 1 aliphatic heterocycles. The Morgan fingerprint density at radius 1 is 0.806 bits per heavy atom. The van der Waals surface area contributed by atoms with Crippen molar-refractivity contribution < 1.29 is 14.7 Å². The topological polar surface area (TPSA) is 60.9 Å². The molecule has 158 valence electrons. The highest BCUT2D eigenvalue weighted by Gasteiger charge is 2.49. The molecule has 5 heteroatoms. The lowest BCUT2D eigenvalue weighted by Crippen LogP contribution is -2.41. The molecule has 0 spiro atoms. The Balaban J connectivity index is 1.74. The number of carbonyl (C=O) groups is 2. The quantitative estimate of drug-likeness (QED) is 0.656. The van der Waals surface area contributed by atoms with E-state index in [2.05, 4.69) is 0 Å². The first-order valence-electron chi connectivity index (χ1n) is 10.4. The number of urea groups is 1. The fraction of sp³-hybridized carbons (Fsp3) is 0.231. The summed E-state index contributed by atoms with van der Waals surface area (Å²) in [4.78, 5) is 29.9. The minimum Gasteiger partial charge on any atom is -0.388 e. The van der Waals surface area contributed by atoms with Crippen LogP contribution in [0.3, 0.4) is 0 Å². The van der Waals surface area contributed by atoms with Gasteiger partial charge in [0.15, 0.2) is 0 Å². The number of likely N-dealkylation sites (N-methyl/N-ethyl adjacent to an activating group) is 1. The van der Waals surface area contributed by atoms with Gasteiger partial charge in [0.05, 0.1) is 24.1 Å². The van der Waals surface area contributed by atoms with E-state index in [9.17, 15) is 14.7 Å². The van der Waals surface area contributed by atoms with Gasteiger partial charge in [0, 0.05) is 7.05 Å². The molecule has 3 aromatic rings. The zero-order valence-electron chi connectivity index (χ0n) is 17.6. The van der Waals surface area contributed by atoms with Gasteiger partial charge < -0.3 is 10.0 Å². The second kappa shape index (κ2) is 8.74. The molecular formula is C26H26N2O3. The second-order valence-electron chi connectivity index (χ2n) is 7.96. The molecule has 0 aliphatic carbocycles. The lowest BCUT2D eigenvalue weighted by molar-refractivity contribution is -0.136. The predicted molar refractivity (Wildman–Crippen MR) is 119 cm³/mol. The van der Waals surface area contributed by atoms with Crippen LogP contribution in [0.15, 0.2) is 91.0 Å². The first-order chi connectivity index (χ1) is 15.0. The molecule has 1 heterocycles. The summed E-state index contributed by atoms with van der Waals surface area (Å²) in [5.74, 6) is -1.17. The largest absolute Gasteiger partial charge is 0.388 e. The fourth-order valence-electron chi connectivity index (χ4n) is 4.32. The van der Waals surface area contributed by atoms with Gasteiger partial charge in [-0.2, -0.15) is 0 Å². The van der Waals surface area contributed by atoms with E-state index >= 15 is 0 Å². The van der Waals surface area contributed by atoms with Gasteiger partial charge in [-0.25, -0.2) is 4.79 Å². The molecule has 1 saturated heterocycles. The van der Waals surface area contributed by atoms with Crippen LogP contribution in [0.4, 0.5) is 4.79 Å². The van der Waals surface area contributed by atoms with E-state index in [4.69, 9.17) is 0 Å². The Kier molecular flexibility index (Phi) is 5.87. The highest BCUT2D eigenvalue weighted by Crippen LogP contribution is 2.45. The van der Waals surface area contributed by atoms with E-state index in [1.54, 1.807) is 31.0 Å². The molecule has 0 bridgehead atoms. The molecule has 0 aromatic heterocycles. The maximum atomic E-state index is 13.6. The van der Waals surface area contributed by atoms with Crippen molar-refractivity contribution in [3.05, 3.63) is 108 Å². The Bertz CT molecular complexity index is 1040. The highest BCUT2D eigenvalue weighted by atomic mass is 16.3. The van der Waals surface area contributed by atoms with E-state index in [-0.39, 0.29) is 18.0 Å². The van der Waals surface area contributed by atoms with Crippen LogP contribution in [-0.2, 0) is 4.79 Å². The molecule has 1 fully saturated rings. The second-order valence-corrected chi connectivity index (χ2v) is 7.96. The predicted octanol–water partition coefficient (Wildman–Crippen LogP) is 4.73. The molecular weight excluding hydrogens is 388 g/mol. The molecule has 4 atom stereocenters. The summed E-state index contributed by atoms with van der Waals surface area (Å²) < 4.78 is 0. The van der Waals surface area contributed by atoms with Gasteiger partial charge in [0.2, 0.25) is 5.91 Å². The molecule has 0 unspecified atom stereocenters. The molecule has 31 heavy (non-hydrogen) atoms. The smallest absolute Gasteiger partial charge is 0.327 e. The number of hydrogen-bond donors (Lipinski definition) is 1. The molecule has 3 amide bonds. The van der Waals surface area contributed by atoms with Gasteiger partial charge in [-0.05, 0) is 16.7 Å². The summed E-state index contributed by atoms with van der Waals surface area (Å²) in [6.07, 6.45) is -1.00. The van der Waals surface area contributed by atoms with E-state index in [1.165, 1.54) is 4.90 Å². The summed E-state index contributed by atoms with van der Waals surface area (Å²) in [6, 6.07) is 27.2. The third-order valence-corrected chi connectivity index (χ3v) is 6.03. The average molecular weight is 415 g/mol. The first-order valence-corrected chi connectivity index (χ1v) is 10.4. The van der Waals surface area contributed by atoms with E-state index in [0.717, 1.165) is 11.1 Å². The average Bonchev–Trinajstić information content (AvgIpc) is 3.09. The third kappa shape index (κ3) is 3.84. The Hall–Kier alpha value is -3.44. The van der Waals surface area contributed by atoms with Crippen molar-refractivity contribution in [1.82, 2.24) is 9.80 Å². The van der Waals surface area contributed by atoms with Crippen LogP contribution in [0.1, 0.15) is 41.8 Å². The standard InChI is InChI=1S/C26H26N2O3/c1-18(24(29)21-16-10-5-11-17-21)25(30)28-23(20-14-8-4-9-15-20)22(27(2)26(28)31)19-12-6-3-7-13-19/h3-18,22-24,29H,1-2H3/t18-,22+,23+,24+/m0/s1. The number of carbonyl (C=O) groups excluding carboxylic acids is 2. The minimum absolute atomic E-state index is 0.318. The SMILES string of the molecule is C[C@H](C(=O)N1C(=O)N(C)[C@H](c2ccccc2)[C@H]1c1ccccc1)[C@@H](O)c1ccccc1. The molecule has 0 radical (unpaired) electrons. The molecule has 4 rings (SSSR count).